The van der Waals surface area contributed by atoms with E-state index >= 15 is 0 Å². The molecule has 1 heterocycles. The minimum atomic E-state index is -0.0563. The van der Waals surface area contributed by atoms with E-state index in [1.807, 2.05) is 19.1 Å². The lowest BCUT2D eigenvalue weighted by Gasteiger charge is -2.12. The number of aryl methyl sites for hydroxylation is 1. The second-order valence-corrected chi connectivity index (χ2v) is 4.89. The van der Waals surface area contributed by atoms with Crippen molar-refractivity contribution in [1.82, 2.24) is 15.5 Å². The number of rotatable bonds is 5. The second-order valence-electron chi connectivity index (χ2n) is 4.89. The number of nitrogens with one attached hydrogen (secondary N) is 1. The number of carbonyl (C=O) groups is 1. The van der Waals surface area contributed by atoms with Crippen LogP contribution in [0.25, 0.3) is 11.5 Å². The average molecular weight is 273 g/mol. The molecule has 0 saturated heterocycles. The molecule has 1 aromatic carbocycles. The van der Waals surface area contributed by atoms with Crippen LogP contribution in [0.3, 0.4) is 0 Å². The Balaban J connectivity index is 2.06. The number of nitrogens with zero attached hydrogens (tertiary/aromatic N) is 2. The SMILES string of the molecule is CCCC(C)NC(=O)c1ccc(-c2nc(C)no2)cc1. The molecular weight excluding hydrogens is 254 g/mol. The van der Waals surface area contributed by atoms with Crippen LogP contribution < -0.4 is 5.32 Å². The van der Waals surface area contributed by atoms with Crippen molar-refractivity contribution in [1.29, 1.82) is 0 Å². The van der Waals surface area contributed by atoms with Gasteiger partial charge in [-0.2, -0.15) is 4.98 Å². The summed E-state index contributed by atoms with van der Waals surface area (Å²) in [6.45, 7) is 5.88. The monoisotopic (exact) mass is 273 g/mol. The first-order valence-corrected chi connectivity index (χ1v) is 6.81. The van der Waals surface area contributed by atoms with Gasteiger partial charge in [-0.05, 0) is 44.5 Å². The molecule has 5 nitrogen and oxygen atoms in total. The number of hydrogen-bond donors (Lipinski definition) is 1. The fraction of sp³-hybridized carbons (Fsp3) is 0.400. The van der Waals surface area contributed by atoms with Crippen LogP contribution in [-0.4, -0.2) is 22.1 Å². The molecule has 2 rings (SSSR count). The van der Waals surface area contributed by atoms with Crippen molar-refractivity contribution in [3.05, 3.63) is 35.7 Å². The van der Waals surface area contributed by atoms with Gasteiger partial charge in [0.15, 0.2) is 5.82 Å². The average Bonchev–Trinajstić information content (AvgIpc) is 2.86. The number of hydrogen-bond acceptors (Lipinski definition) is 4. The van der Waals surface area contributed by atoms with E-state index in [2.05, 4.69) is 22.4 Å². The Kier molecular flexibility index (Phi) is 4.50. The van der Waals surface area contributed by atoms with Crippen molar-refractivity contribution in [2.75, 3.05) is 0 Å². The lowest BCUT2D eigenvalue weighted by atomic mass is 10.1. The Morgan fingerprint density at radius 3 is 2.60 bits per heavy atom. The highest BCUT2D eigenvalue weighted by Gasteiger charge is 2.11. The predicted octanol–water partition coefficient (Wildman–Crippen LogP) is 2.96. The van der Waals surface area contributed by atoms with Gasteiger partial charge in [-0.3, -0.25) is 4.79 Å². The lowest BCUT2D eigenvalue weighted by Crippen LogP contribution is -2.32. The van der Waals surface area contributed by atoms with Gasteiger partial charge in [-0.15, -0.1) is 0 Å². The number of amides is 1. The molecular formula is C15H19N3O2. The molecule has 20 heavy (non-hydrogen) atoms. The molecule has 0 bridgehead atoms. The Hall–Kier alpha value is -2.17. The van der Waals surface area contributed by atoms with Crippen LogP contribution in [0, 0.1) is 6.92 Å². The molecule has 0 radical (unpaired) electrons. The fourth-order valence-corrected chi connectivity index (χ4v) is 1.99. The zero-order valence-electron chi connectivity index (χ0n) is 12.0. The third kappa shape index (κ3) is 3.44. The number of benzene rings is 1. The normalized spacial score (nSPS) is 12.2. The highest BCUT2D eigenvalue weighted by molar-refractivity contribution is 5.94. The van der Waals surface area contributed by atoms with E-state index in [4.69, 9.17) is 4.52 Å². The van der Waals surface area contributed by atoms with Crippen LogP contribution in [0.2, 0.25) is 0 Å². The van der Waals surface area contributed by atoms with E-state index in [0.29, 0.717) is 17.3 Å². The minimum absolute atomic E-state index is 0.0563. The molecule has 5 heteroatoms. The fourth-order valence-electron chi connectivity index (χ4n) is 1.99. The predicted molar refractivity (Wildman–Crippen MR) is 76.3 cm³/mol. The molecule has 2 aromatic rings. The van der Waals surface area contributed by atoms with E-state index in [1.165, 1.54) is 0 Å². The molecule has 1 atom stereocenters. The lowest BCUT2D eigenvalue weighted by molar-refractivity contribution is 0.0938. The molecule has 1 unspecified atom stereocenters. The van der Waals surface area contributed by atoms with Crippen molar-refractivity contribution in [3.63, 3.8) is 0 Å². The molecule has 0 saturated carbocycles. The molecule has 0 fully saturated rings. The van der Waals surface area contributed by atoms with Crippen LogP contribution in [0.5, 0.6) is 0 Å². The smallest absolute Gasteiger partial charge is 0.257 e. The molecule has 1 amide bonds. The van der Waals surface area contributed by atoms with Crippen molar-refractivity contribution >= 4 is 5.91 Å². The van der Waals surface area contributed by atoms with Gasteiger partial charge in [0.25, 0.3) is 11.8 Å². The zero-order chi connectivity index (χ0) is 14.5. The van der Waals surface area contributed by atoms with E-state index in [9.17, 15) is 4.79 Å². The Morgan fingerprint density at radius 1 is 1.35 bits per heavy atom. The Labute approximate surface area is 118 Å². The van der Waals surface area contributed by atoms with Gasteiger partial charge in [0.2, 0.25) is 0 Å². The van der Waals surface area contributed by atoms with E-state index in [1.54, 1.807) is 19.1 Å². The standard InChI is InChI=1S/C15H19N3O2/c1-4-5-10(2)16-14(19)12-6-8-13(9-7-12)15-17-11(3)18-20-15/h6-10H,4-5H2,1-3H3,(H,16,19). The maximum Gasteiger partial charge on any atom is 0.257 e. The van der Waals surface area contributed by atoms with Gasteiger partial charge in [0.05, 0.1) is 0 Å². The van der Waals surface area contributed by atoms with E-state index in [-0.39, 0.29) is 11.9 Å². The van der Waals surface area contributed by atoms with Crippen LogP contribution in [0.15, 0.2) is 28.8 Å². The summed E-state index contributed by atoms with van der Waals surface area (Å²) in [5.41, 5.74) is 1.44. The summed E-state index contributed by atoms with van der Waals surface area (Å²) in [5.74, 6) is 1.00. The van der Waals surface area contributed by atoms with E-state index < -0.39 is 0 Å². The number of aromatic nitrogens is 2. The van der Waals surface area contributed by atoms with Gasteiger partial charge in [-0.1, -0.05) is 18.5 Å². The van der Waals surface area contributed by atoms with Crippen molar-refractivity contribution in [2.24, 2.45) is 0 Å². The first-order chi connectivity index (χ1) is 9.60. The number of carbonyl (C=O) groups excluding carboxylic acids is 1. The van der Waals surface area contributed by atoms with Gasteiger partial charge < -0.3 is 9.84 Å². The summed E-state index contributed by atoms with van der Waals surface area (Å²) in [6, 6.07) is 7.34. The topological polar surface area (TPSA) is 68.0 Å². The quantitative estimate of drug-likeness (QED) is 0.909. The minimum Gasteiger partial charge on any atom is -0.350 e. The largest absolute Gasteiger partial charge is 0.350 e. The molecule has 106 valence electrons. The van der Waals surface area contributed by atoms with Crippen LogP contribution in [-0.2, 0) is 0 Å². The zero-order valence-corrected chi connectivity index (χ0v) is 12.0. The third-order valence-electron chi connectivity index (χ3n) is 3.02. The van der Waals surface area contributed by atoms with Gasteiger partial charge in [0, 0.05) is 17.2 Å². The molecule has 0 aliphatic carbocycles. The first kappa shape index (κ1) is 14.2. The van der Waals surface area contributed by atoms with Crippen LogP contribution in [0.1, 0.15) is 42.9 Å². The summed E-state index contributed by atoms with van der Waals surface area (Å²) >= 11 is 0. The summed E-state index contributed by atoms with van der Waals surface area (Å²) in [6.07, 6.45) is 2.03. The van der Waals surface area contributed by atoms with Gasteiger partial charge in [0.1, 0.15) is 0 Å². The molecule has 1 aromatic heterocycles. The van der Waals surface area contributed by atoms with Gasteiger partial charge >= 0.3 is 0 Å². The van der Waals surface area contributed by atoms with Crippen molar-refractivity contribution in [2.45, 2.75) is 39.7 Å². The summed E-state index contributed by atoms with van der Waals surface area (Å²) in [4.78, 5) is 16.2. The highest BCUT2D eigenvalue weighted by atomic mass is 16.5. The maximum atomic E-state index is 12.0. The van der Waals surface area contributed by atoms with Gasteiger partial charge in [-0.25, -0.2) is 0 Å². The Morgan fingerprint density at radius 2 is 2.05 bits per heavy atom. The third-order valence-corrected chi connectivity index (χ3v) is 3.02. The van der Waals surface area contributed by atoms with Crippen LogP contribution >= 0.6 is 0 Å². The Bertz CT molecular complexity index is 575. The first-order valence-electron chi connectivity index (χ1n) is 6.81. The van der Waals surface area contributed by atoms with Crippen molar-refractivity contribution < 1.29 is 9.32 Å². The molecule has 0 aliphatic heterocycles. The summed E-state index contributed by atoms with van der Waals surface area (Å²) in [5, 5.41) is 6.72. The molecule has 0 spiro atoms. The summed E-state index contributed by atoms with van der Waals surface area (Å²) < 4.78 is 5.09. The molecule has 1 N–H and O–H groups in total. The summed E-state index contributed by atoms with van der Waals surface area (Å²) in [7, 11) is 0. The molecule has 0 aliphatic rings. The van der Waals surface area contributed by atoms with E-state index in [0.717, 1.165) is 18.4 Å². The maximum absolute atomic E-state index is 12.0. The van der Waals surface area contributed by atoms with Crippen LogP contribution in [0.4, 0.5) is 0 Å². The van der Waals surface area contributed by atoms with Crippen molar-refractivity contribution in [3.8, 4) is 11.5 Å². The second kappa shape index (κ2) is 6.32. The highest BCUT2D eigenvalue weighted by Crippen LogP contribution is 2.17.